The first-order valence-electron chi connectivity index (χ1n) is 5.56. The van der Waals surface area contributed by atoms with Gasteiger partial charge in [0.15, 0.2) is 0 Å². The van der Waals surface area contributed by atoms with Crippen molar-refractivity contribution >= 4 is 0 Å². The fraction of sp³-hybridized carbons (Fsp3) is 0.583. The summed E-state index contributed by atoms with van der Waals surface area (Å²) in [6, 6.07) is 4.16. The lowest BCUT2D eigenvalue weighted by atomic mass is 9.73. The molecule has 3 nitrogen and oxygen atoms in total. The Balaban J connectivity index is 2.23. The standard InChI is InChI=1S/C12H19N3/c1-15-7-4-12(10-13,5-8-15)11-3-2-6-14-9-11/h2-3,6,9H,4-5,7-8,10,13H2,1H3. The van der Waals surface area contributed by atoms with Crippen molar-refractivity contribution in [3.63, 3.8) is 0 Å². The number of hydrogen-bond donors (Lipinski definition) is 1. The van der Waals surface area contributed by atoms with Crippen LogP contribution < -0.4 is 5.73 Å². The highest BCUT2D eigenvalue weighted by atomic mass is 15.1. The van der Waals surface area contributed by atoms with Gasteiger partial charge in [-0.05, 0) is 44.6 Å². The summed E-state index contributed by atoms with van der Waals surface area (Å²) < 4.78 is 0. The number of rotatable bonds is 2. The SMILES string of the molecule is CN1CCC(CN)(c2cccnc2)CC1. The molecule has 0 amide bonds. The highest BCUT2D eigenvalue weighted by molar-refractivity contribution is 5.23. The molecule has 0 atom stereocenters. The van der Waals surface area contributed by atoms with Crippen molar-refractivity contribution < 1.29 is 0 Å². The third kappa shape index (κ3) is 2.03. The topological polar surface area (TPSA) is 42.1 Å². The normalized spacial score (nSPS) is 21.5. The Labute approximate surface area is 91.3 Å². The van der Waals surface area contributed by atoms with E-state index in [0.29, 0.717) is 0 Å². The van der Waals surface area contributed by atoms with Crippen LogP contribution in [0.5, 0.6) is 0 Å². The molecule has 1 aromatic rings. The zero-order valence-electron chi connectivity index (χ0n) is 9.32. The second-order valence-corrected chi connectivity index (χ2v) is 4.53. The molecule has 0 spiro atoms. The molecule has 1 aromatic heterocycles. The van der Waals surface area contributed by atoms with Crippen molar-refractivity contribution in [1.29, 1.82) is 0 Å². The lowest BCUT2D eigenvalue weighted by molar-refractivity contribution is 0.191. The first-order valence-corrected chi connectivity index (χ1v) is 5.56. The molecule has 3 heteroatoms. The first-order chi connectivity index (χ1) is 7.27. The Bertz CT molecular complexity index is 302. The Hall–Kier alpha value is -0.930. The van der Waals surface area contributed by atoms with Crippen LogP contribution in [0.1, 0.15) is 18.4 Å². The molecule has 0 radical (unpaired) electrons. The molecule has 0 saturated carbocycles. The summed E-state index contributed by atoms with van der Waals surface area (Å²) in [7, 11) is 2.17. The number of aromatic nitrogens is 1. The zero-order valence-corrected chi connectivity index (χ0v) is 9.32. The van der Waals surface area contributed by atoms with E-state index in [0.717, 1.165) is 32.5 Å². The molecule has 2 N–H and O–H groups in total. The van der Waals surface area contributed by atoms with E-state index in [2.05, 4.69) is 23.0 Å². The fourth-order valence-corrected chi connectivity index (χ4v) is 2.33. The lowest BCUT2D eigenvalue weighted by Crippen LogP contribution is -2.45. The third-order valence-electron chi connectivity index (χ3n) is 3.61. The van der Waals surface area contributed by atoms with Crippen LogP contribution in [-0.4, -0.2) is 36.6 Å². The van der Waals surface area contributed by atoms with E-state index in [4.69, 9.17) is 5.73 Å². The average molecular weight is 205 g/mol. The number of piperidine rings is 1. The molecule has 82 valence electrons. The Morgan fingerprint density at radius 1 is 1.47 bits per heavy atom. The molecule has 0 aliphatic carbocycles. The van der Waals surface area contributed by atoms with Gasteiger partial charge in [-0.1, -0.05) is 6.07 Å². The maximum atomic E-state index is 5.97. The van der Waals surface area contributed by atoms with E-state index in [1.165, 1.54) is 5.56 Å². The van der Waals surface area contributed by atoms with Gasteiger partial charge in [0.1, 0.15) is 0 Å². The molecule has 1 saturated heterocycles. The largest absolute Gasteiger partial charge is 0.330 e. The van der Waals surface area contributed by atoms with Gasteiger partial charge in [-0.3, -0.25) is 4.98 Å². The van der Waals surface area contributed by atoms with Gasteiger partial charge in [-0.25, -0.2) is 0 Å². The van der Waals surface area contributed by atoms with Gasteiger partial charge < -0.3 is 10.6 Å². The van der Waals surface area contributed by atoms with Gasteiger partial charge in [-0.15, -0.1) is 0 Å². The van der Waals surface area contributed by atoms with Crippen LogP contribution in [0.15, 0.2) is 24.5 Å². The fourth-order valence-electron chi connectivity index (χ4n) is 2.33. The molecule has 1 aliphatic heterocycles. The molecular formula is C12H19N3. The Kier molecular flexibility index (Phi) is 3.03. The minimum atomic E-state index is 0.167. The second kappa shape index (κ2) is 4.29. The first kappa shape index (κ1) is 10.6. The van der Waals surface area contributed by atoms with Crippen molar-refractivity contribution in [3.8, 4) is 0 Å². The molecule has 2 heterocycles. The van der Waals surface area contributed by atoms with Crippen LogP contribution in [0.25, 0.3) is 0 Å². The summed E-state index contributed by atoms with van der Waals surface area (Å²) in [5.74, 6) is 0. The van der Waals surface area contributed by atoms with E-state index >= 15 is 0 Å². The van der Waals surface area contributed by atoms with Crippen LogP contribution >= 0.6 is 0 Å². The molecule has 0 aromatic carbocycles. The smallest absolute Gasteiger partial charge is 0.0306 e. The van der Waals surface area contributed by atoms with Gasteiger partial charge >= 0.3 is 0 Å². The van der Waals surface area contributed by atoms with Crippen molar-refractivity contribution in [2.45, 2.75) is 18.3 Å². The minimum Gasteiger partial charge on any atom is -0.330 e. The highest BCUT2D eigenvalue weighted by Gasteiger charge is 2.34. The third-order valence-corrected chi connectivity index (χ3v) is 3.61. The van der Waals surface area contributed by atoms with Crippen LogP contribution in [-0.2, 0) is 5.41 Å². The Morgan fingerprint density at radius 2 is 2.20 bits per heavy atom. The van der Waals surface area contributed by atoms with Gasteiger partial charge in [0.25, 0.3) is 0 Å². The number of nitrogens with zero attached hydrogens (tertiary/aromatic N) is 2. The molecule has 0 bridgehead atoms. The molecule has 1 fully saturated rings. The lowest BCUT2D eigenvalue weighted by Gasteiger charge is -2.40. The minimum absolute atomic E-state index is 0.167. The van der Waals surface area contributed by atoms with Gasteiger partial charge in [-0.2, -0.15) is 0 Å². The van der Waals surface area contributed by atoms with E-state index in [9.17, 15) is 0 Å². The zero-order chi connectivity index (χ0) is 10.7. The van der Waals surface area contributed by atoms with Crippen LogP contribution in [0.4, 0.5) is 0 Å². The number of nitrogens with two attached hydrogens (primary N) is 1. The number of likely N-dealkylation sites (tertiary alicyclic amines) is 1. The summed E-state index contributed by atoms with van der Waals surface area (Å²) >= 11 is 0. The highest BCUT2D eigenvalue weighted by Crippen LogP contribution is 2.33. The molecule has 15 heavy (non-hydrogen) atoms. The van der Waals surface area contributed by atoms with Gasteiger partial charge in [0.2, 0.25) is 0 Å². The van der Waals surface area contributed by atoms with Crippen molar-refractivity contribution in [2.24, 2.45) is 5.73 Å². The summed E-state index contributed by atoms with van der Waals surface area (Å²) in [6.45, 7) is 2.99. The van der Waals surface area contributed by atoms with Gasteiger partial charge in [0, 0.05) is 24.4 Å². The second-order valence-electron chi connectivity index (χ2n) is 4.53. The van der Waals surface area contributed by atoms with E-state index in [-0.39, 0.29) is 5.41 Å². The van der Waals surface area contributed by atoms with E-state index < -0.39 is 0 Å². The van der Waals surface area contributed by atoms with E-state index in [1.54, 1.807) is 0 Å². The molecule has 0 unspecified atom stereocenters. The maximum absolute atomic E-state index is 5.97. The van der Waals surface area contributed by atoms with Crippen LogP contribution in [0.3, 0.4) is 0 Å². The van der Waals surface area contributed by atoms with Gasteiger partial charge in [0.05, 0.1) is 0 Å². The number of hydrogen-bond acceptors (Lipinski definition) is 3. The monoisotopic (exact) mass is 205 g/mol. The van der Waals surface area contributed by atoms with Crippen molar-refractivity contribution in [3.05, 3.63) is 30.1 Å². The van der Waals surface area contributed by atoms with Crippen LogP contribution in [0, 0.1) is 0 Å². The molecular weight excluding hydrogens is 186 g/mol. The van der Waals surface area contributed by atoms with Crippen molar-refractivity contribution in [2.75, 3.05) is 26.7 Å². The summed E-state index contributed by atoms with van der Waals surface area (Å²) in [4.78, 5) is 6.57. The average Bonchev–Trinajstić information content (AvgIpc) is 2.32. The number of pyridine rings is 1. The summed E-state index contributed by atoms with van der Waals surface area (Å²) in [5.41, 5.74) is 7.44. The molecule has 2 rings (SSSR count). The Morgan fingerprint density at radius 3 is 2.73 bits per heavy atom. The van der Waals surface area contributed by atoms with E-state index in [1.807, 2.05) is 18.5 Å². The summed E-state index contributed by atoms with van der Waals surface area (Å²) in [5, 5.41) is 0. The summed E-state index contributed by atoms with van der Waals surface area (Å²) in [6.07, 6.45) is 6.08. The van der Waals surface area contributed by atoms with Crippen LogP contribution in [0.2, 0.25) is 0 Å². The molecule has 1 aliphatic rings. The predicted molar refractivity (Wildman–Crippen MR) is 61.7 cm³/mol. The maximum Gasteiger partial charge on any atom is 0.0306 e. The predicted octanol–water partition coefficient (Wildman–Crippen LogP) is 1.00. The van der Waals surface area contributed by atoms with Crippen molar-refractivity contribution in [1.82, 2.24) is 9.88 Å². The quantitative estimate of drug-likeness (QED) is 0.783.